The van der Waals surface area contributed by atoms with Crippen LogP contribution in [0.5, 0.6) is 5.75 Å². The average Bonchev–Trinajstić information content (AvgIpc) is 2.32. The molecule has 0 saturated heterocycles. The van der Waals surface area contributed by atoms with Crippen LogP contribution in [0.1, 0.15) is 5.56 Å². The van der Waals surface area contributed by atoms with Crippen LogP contribution in [0.4, 0.5) is 5.69 Å². The first kappa shape index (κ1) is 12.6. The molecule has 0 saturated carbocycles. The Morgan fingerprint density at radius 1 is 1.18 bits per heavy atom. The summed E-state index contributed by atoms with van der Waals surface area (Å²) in [5.74, 6) is 0.295. The van der Waals surface area contributed by atoms with E-state index in [2.05, 4.69) is 43.5 Å². The van der Waals surface area contributed by atoms with Gasteiger partial charge in [-0.25, -0.2) is 0 Å². The SMILES string of the molecule is Oc1ccc(C=Nc2ccccc2Br)cc1I. The number of rotatable bonds is 2. The fourth-order valence-electron chi connectivity index (χ4n) is 1.30. The molecule has 2 aromatic rings. The van der Waals surface area contributed by atoms with Crippen LogP contribution < -0.4 is 0 Å². The largest absolute Gasteiger partial charge is 0.507 e. The predicted molar refractivity (Wildman–Crippen MR) is 82.2 cm³/mol. The van der Waals surface area contributed by atoms with E-state index in [4.69, 9.17) is 0 Å². The quantitative estimate of drug-likeness (QED) is 0.582. The minimum Gasteiger partial charge on any atom is -0.507 e. The van der Waals surface area contributed by atoms with E-state index in [9.17, 15) is 5.11 Å². The molecule has 0 heterocycles. The number of aliphatic imine (C=N–C) groups is 1. The number of hydrogen-bond donors (Lipinski definition) is 1. The summed E-state index contributed by atoms with van der Waals surface area (Å²) in [5.41, 5.74) is 1.85. The van der Waals surface area contributed by atoms with Gasteiger partial charge in [0.25, 0.3) is 0 Å². The zero-order valence-corrected chi connectivity index (χ0v) is 12.5. The fourth-order valence-corrected chi connectivity index (χ4v) is 2.23. The molecule has 0 amide bonds. The van der Waals surface area contributed by atoms with Crippen LogP contribution in [0, 0.1) is 3.57 Å². The average molecular weight is 402 g/mol. The lowest BCUT2D eigenvalue weighted by Gasteiger charge is -1.99. The molecule has 0 spiro atoms. The van der Waals surface area contributed by atoms with Gasteiger partial charge in [-0.2, -0.15) is 0 Å². The summed E-state index contributed by atoms with van der Waals surface area (Å²) in [6.07, 6.45) is 1.78. The summed E-state index contributed by atoms with van der Waals surface area (Å²) in [7, 11) is 0. The van der Waals surface area contributed by atoms with Crippen molar-refractivity contribution in [3.05, 3.63) is 56.1 Å². The lowest BCUT2D eigenvalue weighted by atomic mass is 10.2. The van der Waals surface area contributed by atoms with Gasteiger partial charge < -0.3 is 5.11 Å². The van der Waals surface area contributed by atoms with Gasteiger partial charge in [0, 0.05) is 10.7 Å². The van der Waals surface area contributed by atoms with E-state index in [-0.39, 0.29) is 0 Å². The van der Waals surface area contributed by atoms with E-state index >= 15 is 0 Å². The zero-order chi connectivity index (χ0) is 12.3. The van der Waals surface area contributed by atoms with Crippen LogP contribution in [0.15, 0.2) is 51.9 Å². The Hall–Kier alpha value is -0.880. The van der Waals surface area contributed by atoms with Crippen molar-refractivity contribution in [2.24, 2.45) is 4.99 Å². The highest BCUT2D eigenvalue weighted by molar-refractivity contribution is 14.1. The molecule has 2 rings (SSSR count). The van der Waals surface area contributed by atoms with E-state index in [0.29, 0.717) is 5.75 Å². The monoisotopic (exact) mass is 401 g/mol. The molecule has 0 atom stereocenters. The Morgan fingerprint density at radius 3 is 2.65 bits per heavy atom. The number of hydrogen-bond acceptors (Lipinski definition) is 2. The third-order valence-electron chi connectivity index (χ3n) is 2.18. The maximum Gasteiger partial charge on any atom is 0.128 e. The van der Waals surface area contributed by atoms with Gasteiger partial charge in [-0.3, -0.25) is 4.99 Å². The van der Waals surface area contributed by atoms with Crippen LogP contribution in [-0.2, 0) is 0 Å². The number of phenolic OH excluding ortho intramolecular Hbond substituents is 1. The molecule has 86 valence electrons. The molecular formula is C13H9BrINO. The molecule has 17 heavy (non-hydrogen) atoms. The first-order valence-corrected chi connectivity index (χ1v) is 6.81. The molecule has 0 aliphatic heterocycles. The van der Waals surface area contributed by atoms with Crippen molar-refractivity contribution in [3.63, 3.8) is 0 Å². The van der Waals surface area contributed by atoms with E-state index in [1.807, 2.05) is 36.4 Å². The number of halogens is 2. The maximum absolute atomic E-state index is 9.41. The Balaban J connectivity index is 2.26. The van der Waals surface area contributed by atoms with Crippen molar-refractivity contribution in [2.45, 2.75) is 0 Å². The Morgan fingerprint density at radius 2 is 1.94 bits per heavy atom. The molecule has 1 N–H and O–H groups in total. The predicted octanol–water partition coefficient (Wildman–Crippen LogP) is 4.51. The summed E-state index contributed by atoms with van der Waals surface area (Å²) < 4.78 is 1.78. The highest BCUT2D eigenvalue weighted by Crippen LogP contribution is 2.24. The third kappa shape index (κ3) is 3.29. The van der Waals surface area contributed by atoms with Gasteiger partial charge in [-0.05, 0) is 74.4 Å². The van der Waals surface area contributed by atoms with Crippen molar-refractivity contribution in [1.82, 2.24) is 0 Å². The lowest BCUT2D eigenvalue weighted by molar-refractivity contribution is 0.471. The first-order valence-electron chi connectivity index (χ1n) is 4.94. The van der Waals surface area contributed by atoms with Gasteiger partial charge in [0.1, 0.15) is 5.75 Å². The molecule has 2 aromatic carbocycles. The second-order valence-electron chi connectivity index (χ2n) is 3.42. The fraction of sp³-hybridized carbons (Fsp3) is 0. The van der Waals surface area contributed by atoms with E-state index in [1.54, 1.807) is 12.3 Å². The highest BCUT2D eigenvalue weighted by atomic mass is 127. The number of aromatic hydroxyl groups is 1. The van der Waals surface area contributed by atoms with Crippen LogP contribution in [-0.4, -0.2) is 11.3 Å². The molecular weight excluding hydrogens is 393 g/mol. The Bertz CT molecular complexity index is 569. The van der Waals surface area contributed by atoms with E-state index in [1.165, 1.54) is 0 Å². The van der Waals surface area contributed by atoms with Crippen molar-refractivity contribution in [3.8, 4) is 5.75 Å². The van der Waals surface area contributed by atoms with Crippen LogP contribution >= 0.6 is 38.5 Å². The van der Waals surface area contributed by atoms with E-state index in [0.717, 1.165) is 19.3 Å². The summed E-state index contributed by atoms with van der Waals surface area (Å²) in [4.78, 5) is 4.39. The van der Waals surface area contributed by atoms with Gasteiger partial charge in [-0.1, -0.05) is 12.1 Å². The molecule has 4 heteroatoms. The van der Waals surface area contributed by atoms with Gasteiger partial charge in [0.05, 0.1) is 9.26 Å². The van der Waals surface area contributed by atoms with Crippen LogP contribution in [0.2, 0.25) is 0 Å². The molecule has 0 aliphatic rings. The second kappa shape index (κ2) is 5.64. The molecule has 0 fully saturated rings. The normalized spacial score (nSPS) is 10.9. The topological polar surface area (TPSA) is 32.6 Å². The summed E-state index contributed by atoms with van der Waals surface area (Å²) >= 11 is 5.53. The number of nitrogens with zero attached hydrogens (tertiary/aromatic N) is 1. The smallest absolute Gasteiger partial charge is 0.128 e. The minimum absolute atomic E-state index is 0.295. The van der Waals surface area contributed by atoms with Gasteiger partial charge in [-0.15, -0.1) is 0 Å². The molecule has 0 unspecified atom stereocenters. The summed E-state index contributed by atoms with van der Waals surface area (Å²) in [6.45, 7) is 0. The number of para-hydroxylation sites is 1. The summed E-state index contributed by atoms with van der Waals surface area (Å²) in [5, 5.41) is 9.41. The Kier molecular flexibility index (Phi) is 4.17. The van der Waals surface area contributed by atoms with Crippen molar-refractivity contribution in [1.29, 1.82) is 0 Å². The van der Waals surface area contributed by atoms with Gasteiger partial charge >= 0.3 is 0 Å². The van der Waals surface area contributed by atoms with Crippen molar-refractivity contribution >= 4 is 50.4 Å². The minimum atomic E-state index is 0.295. The summed E-state index contributed by atoms with van der Waals surface area (Å²) in [6, 6.07) is 13.2. The standard InChI is InChI=1S/C13H9BrINO/c14-10-3-1-2-4-12(10)16-8-9-5-6-13(17)11(15)7-9/h1-8,17H. The van der Waals surface area contributed by atoms with Gasteiger partial charge in [0.2, 0.25) is 0 Å². The van der Waals surface area contributed by atoms with Crippen molar-refractivity contribution in [2.75, 3.05) is 0 Å². The maximum atomic E-state index is 9.41. The third-order valence-corrected chi connectivity index (χ3v) is 3.71. The zero-order valence-electron chi connectivity index (χ0n) is 8.77. The molecule has 0 bridgehead atoms. The van der Waals surface area contributed by atoms with Gasteiger partial charge in [0.15, 0.2) is 0 Å². The van der Waals surface area contributed by atoms with Crippen LogP contribution in [0.3, 0.4) is 0 Å². The molecule has 0 aromatic heterocycles. The van der Waals surface area contributed by atoms with Crippen molar-refractivity contribution < 1.29 is 5.11 Å². The second-order valence-corrected chi connectivity index (χ2v) is 5.44. The lowest BCUT2D eigenvalue weighted by Crippen LogP contribution is -1.82. The highest BCUT2D eigenvalue weighted by Gasteiger charge is 1.98. The molecule has 0 radical (unpaired) electrons. The Labute approximate surface area is 122 Å². The van der Waals surface area contributed by atoms with Crippen LogP contribution in [0.25, 0.3) is 0 Å². The molecule has 0 aliphatic carbocycles. The first-order chi connectivity index (χ1) is 8.16. The number of benzene rings is 2. The molecule has 2 nitrogen and oxygen atoms in total. The van der Waals surface area contributed by atoms with E-state index < -0.39 is 0 Å². The number of phenols is 1.